The highest BCUT2D eigenvalue weighted by atomic mass is 127. The summed E-state index contributed by atoms with van der Waals surface area (Å²) in [7, 11) is 0. The number of ether oxygens (including phenoxy) is 1. The van der Waals surface area contributed by atoms with Gasteiger partial charge in [-0.3, -0.25) is 4.79 Å². The SMILES string of the molecule is O=C(CCl)c1cc(OC(F)(F)F)ccc1I. The molecule has 1 rings (SSSR count). The van der Waals surface area contributed by atoms with Crippen LogP contribution in [-0.4, -0.2) is 18.0 Å². The minimum atomic E-state index is -4.77. The summed E-state index contributed by atoms with van der Waals surface area (Å²) >= 11 is 7.16. The predicted octanol–water partition coefficient (Wildman–Crippen LogP) is 3.61. The predicted molar refractivity (Wildman–Crippen MR) is 60.9 cm³/mol. The molecule has 0 atom stereocenters. The molecule has 0 bridgehead atoms. The number of halogens is 5. The maximum atomic E-state index is 11.9. The van der Waals surface area contributed by atoms with Crippen LogP contribution in [0.4, 0.5) is 13.2 Å². The van der Waals surface area contributed by atoms with Gasteiger partial charge in [0, 0.05) is 9.13 Å². The molecular weight excluding hydrogens is 359 g/mol. The van der Waals surface area contributed by atoms with E-state index in [0.29, 0.717) is 3.57 Å². The zero-order valence-electron chi connectivity index (χ0n) is 7.65. The van der Waals surface area contributed by atoms with E-state index < -0.39 is 17.9 Å². The third-order valence-electron chi connectivity index (χ3n) is 1.59. The lowest BCUT2D eigenvalue weighted by molar-refractivity contribution is -0.274. The molecule has 0 saturated heterocycles. The summed E-state index contributed by atoms with van der Waals surface area (Å²) in [5.41, 5.74) is 0.123. The fourth-order valence-corrected chi connectivity index (χ4v) is 1.77. The molecule has 0 aliphatic heterocycles. The number of ketones is 1. The number of Topliss-reactive ketones (excluding diaryl/α,β-unsaturated/α-hetero) is 1. The summed E-state index contributed by atoms with van der Waals surface area (Å²) in [6.07, 6.45) is -4.77. The van der Waals surface area contributed by atoms with E-state index in [1.54, 1.807) is 0 Å². The molecule has 16 heavy (non-hydrogen) atoms. The summed E-state index contributed by atoms with van der Waals surface area (Å²) in [6, 6.07) is 3.53. The molecule has 0 heterocycles. The number of carbonyl (C=O) groups is 1. The van der Waals surface area contributed by atoms with Crippen molar-refractivity contribution in [2.45, 2.75) is 6.36 Å². The normalized spacial score (nSPS) is 11.3. The highest BCUT2D eigenvalue weighted by Crippen LogP contribution is 2.26. The van der Waals surface area contributed by atoms with Crippen LogP contribution in [0.15, 0.2) is 18.2 Å². The van der Waals surface area contributed by atoms with Crippen molar-refractivity contribution in [3.05, 3.63) is 27.3 Å². The second-order valence-corrected chi connectivity index (χ2v) is 4.18. The van der Waals surface area contributed by atoms with Gasteiger partial charge in [-0.05, 0) is 40.8 Å². The van der Waals surface area contributed by atoms with Gasteiger partial charge in [0.15, 0.2) is 5.78 Å². The number of carbonyl (C=O) groups excluding carboxylic acids is 1. The molecule has 0 N–H and O–H groups in total. The molecule has 0 radical (unpaired) electrons. The lowest BCUT2D eigenvalue weighted by Crippen LogP contribution is -2.17. The van der Waals surface area contributed by atoms with E-state index in [1.165, 1.54) is 6.07 Å². The first-order valence-corrected chi connectivity index (χ1v) is 5.59. The molecule has 7 heteroatoms. The quantitative estimate of drug-likeness (QED) is 0.465. The first-order chi connectivity index (χ1) is 7.33. The molecule has 0 fully saturated rings. The summed E-state index contributed by atoms with van der Waals surface area (Å²) in [4.78, 5) is 11.3. The van der Waals surface area contributed by atoms with Crippen molar-refractivity contribution in [3.8, 4) is 5.75 Å². The molecule has 88 valence electrons. The van der Waals surface area contributed by atoms with Crippen molar-refractivity contribution >= 4 is 40.0 Å². The van der Waals surface area contributed by atoms with Crippen LogP contribution in [0.25, 0.3) is 0 Å². The van der Waals surface area contributed by atoms with Crippen LogP contribution in [0.3, 0.4) is 0 Å². The number of rotatable bonds is 3. The average Bonchev–Trinajstić information content (AvgIpc) is 2.18. The average molecular weight is 364 g/mol. The van der Waals surface area contributed by atoms with Crippen LogP contribution in [-0.2, 0) is 0 Å². The van der Waals surface area contributed by atoms with Gasteiger partial charge in [0.25, 0.3) is 0 Å². The van der Waals surface area contributed by atoms with Crippen LogP contribution >= 0.6 is 34.2 Å². The molecule has 0 aliphatic rings. The van der Waals surface area contributed by atoms with E-state index in [1.807, 2.05) is 22.6 Å². The second kappa shape index (κ2) is 5.22. The van der Waals surface area contributed by atoms with E-state index >= 15 is 0 Å². The van der Waals surface area contributed by atoms with Gasteiger partial charge in [0.1, 0.15) is 5.75 Å². The molecule has 1 aromatic carbocycles. The van der Waals surface area contributed by atoms with Crippen molar-refractivity contribution in [1.82, 2.24) is 0 Å². The van der Waals surface area contributed by atoms with Crippen LogP contribution < -0.4 is 4.74 Å². The minimum Gasteiger partial charge on any atom is -0.406 e. The van der Waals surface area contributed by atoms with Gasteiger partial charge in [-0.1, -0.05) is 0 Å². The number of hydrogen-bond acceptors (Lipinski definition) is 2. The summed E-state index contributed by atoms with van der Waals surface area (Å²) in [5.74, 6) is -1.16. The van der Waals surface area contributed by atoms with Crippen molar-refractivity contribution in [2.24, 2.45) is 0 Å². The Morgan fingerprint density at radius 3 is 2.56 bits per heavy atom. The Hall–Kier alpha value is -0.500. The Morgan fingerprint density at radius 2 is 2.06 bits per heavy atom. The van der Waals surface area contributed by atoms with Gasteiger partial charge in [-0.2, -0.15) is 0 Å². The molecule has 2 nitrogen and oxygen atoms in total. The smallest absolute Gasteiger partial charge is 0.406 e. The van der Waals surface area contributed by atoms with Crippen molar-refractivity contribution in [1.29, 1.82) is 0 Å². The van der Waals surface area contributed by atoms with Crippen LogP contribution in [0.2, 0.25) is 0 Å². The van der Waals surface area contributed by atoms with Crippen LogP contribution in [0, 0.1) is 3.57 Å². The Kier molecular flexibility index (Phi) is 4.43. The lowest BCUT2D eigenvalue weighted by Gasteiger charge is -2.10. The third-order valence-corrected chi connectivity index (χ3v) is 2.78. The largest absolute Gasteiger partial charge is 0.573 e. The lowest BCUT2D eigenvalue weighted by atomic mass is 10.1. The number of hydrogen-bond donors (Lipinski definition) is 0. The first kappa shape index (κ1) is 13.6. The molecule has 0 amide bonds. The summed E-state index contributed by atoms with van der Waals surface area (Å²) < 4.78 is 40.0. The highest BCUT2D eigenvalue weighted by Gasteiger charge is 2.31. The molecule has 0 saturated carbocycles. The van der Waals surface area contributed by atoms with Gasteiger partial charge in [0.05, 0.1) is 5.88 Å². The molecule has 0 spiro atoms. The van der Waals surface area contributed by atoms with Gasteiger partial charge >= 0.3 is 6.36 Å². The van der Waals surface area contributed by atoms with Crippen LogP contribution in [0.5, 0.6) is 5.75 Å². The summed E-state index contributed by atoms with van der Waals surface area (Å²) in [6.45, 7) is 0. The molecule has 0 aliphatic carbocycles. The molecular formula is C9H5ClF3IO2. The highest BCUT2D eigenvalue weighted by molar-refractivity contribution is 14.1. The van der Waals surface area contributed by atoms with Gasteiger partial charge < -0.3 is 4.74 Å². The zero-order valence-corrected chi connectivity index (χ0v) is 10.6. The summed E-state index contributed by atoms with van der Waals surface area (Å²) in [5, 5.41) is 0. The fourth-order valence-electron chi connectivity index (χ4n) is 0.987. The topological polar surface area (TPSA) is 26.3 Å². The fraction of sp³-hybridized carbons (Fsp3) is 0.222. The Labute approximate surface area is 108 Å². The van der Waals surface area contributed by atoms with Gasteiger partial charge in [-0.15, -0.1) is 24.8 Å². The van der Waals surface area contributed by atoms with Crippen LogP contribution in [0.1, 0.15) is 10.4 Å². The van der Waals surface area contributed by atoms with Crippen molar-refractivity contribution in [3.63, 3.8) is 0 Å². The van der Waals surface area contributed by atoms with E-state index in [4.69, 9.17) is 11.6 Å². The van der Waals surface area contributed by atoms with E-state index in [9.17, 15) is 18.0 Å². The van der Waals surface area contributed by atoms with Crippen molar-refractivity contribution < 1.29 is 22.7 Å². The van der Waals surface area contributed by atoms with E-state index in [2.05, 4.69) is 4.74 Å². The molecule has 1 aromatic rings. The van der Waals surface area contributed by atoms with Crippen molar-refractivity contribution in [2.75, 3.05) is 5.88 Å². The first-order valence-electron chi connectivity index (χ1n) is 3.98. The standard InChI is InChI=1S/C9H5ClF3IO2/c10-4-8(15)6-3-5(1-2-7(6)14)16-9(11,12)13/h1-3H,4H2. The maximum absolute atomic E-state index is 11.9. The number of benzene rings is 1. The Balaban J connectivity index is 3.03. The Bertz CT molecular complexity index is 406. The minimum absolute atomic E-state index is 0.123. The van der Waals surface area contributed by atoms with Gasteiger partial charge in [0.2, 0.25) is 0 Å². The van der Waals surface area contributed by atoms with Gasteiger partial charge in [-0.25, -0.2) is 0 Å². The number of alkyl halides is 4. The molecule has 0 aromatic heterocycles. The second-order valence-electron chi connectivity index (χ2n) is 2.75. The van der Waals surface area contributed by atoms with E-state index in [-0.39, 0.29) is 11.4 Å². The molecule has 0 unspecified atom stereocenters. The van der Waals surface area contributed by atoms with E-state index in [0.717, 1.165) is 12.1 Å². The third kappa shape index (κ3) is 3.82. The Morgan fingerprint density at radius 1 is 1.44 bits per heavy atom. The monoisotopic (exact) mass is 364 g/mol. The maximum Gasteiger partial charge on any atom is 0.573 e. The zero-order chi connectivity index (χ0) is 12.3.